The molecule has 0 heterocycles. The fraction of sp³-hybridized carbons (Fsp3) is 0.107. The second-order valence-electron chi connectivity index (χ2n) is 8.69. The number of halogens is 1. The molecule has 12 heteroatoms. The van der Waals surface area contributed by atoms with Gasteiger partial charge in [0.15, 0.2) is 0 Å². The number of nitrogens with zero attached hydrogens (tertiary/aromatic N) is 1. The quantitative estimate of drug-likeness (QED) is 0.255. The van der Waals surface area contributed by atoms with Crippen LogP contribution in [0.15, 0.2) is 107 Å². The summed E-state index contributed by atoms with van der Waals surface area (Å²) >= 11 is 6.26. The van der Waals surface area contributed by atoms with Gasteiger partial charge in [0.2, 0.25) is 5.91 Å². The van der Waals surface area contributed by atoms with E-state index in [1.807, 2.05) is 6.92 Å². The Balaban J connectivity index is 1.56. The van der Waals surface area contributed by atoms with Crippen LogP contribution in [0.5, 0.6) is 5.75 Å². The van der Waals surface area contributed by atoms with Crippen LogP contribution in [0.1, 0.15) is 5.56 Å². The Kier molecular flexibility index (Phi) is 8.67. The first-order chi connectivity index (χ1) is 19.0. The zero-order chi connectivity index (χ0) is 28.9. The number of benzene rings is 4. The summed E-state index contributed by atoms with van der Waals surface area (Å²) < 4.78 is 61.2. The van der Waals surface area contributed by atoms with Gasteiger partial charge in [-0.1, -0.05) is 47.5 Å². The summed E-state index contributed by atoms with van der Waals surface area (Å²) in [5.41, 5.74) is 1.73. The first-order valence-electron chi connectivity index (χ1n) is 11.9. The third kappa shape index (κ3) is 6.74. The lowest BCUT2D eigenvalue weighted by Crippen LogP contribution is -2.38. The van der Waals surface area contributed by atoms with Crippen LogP contribution >= 0.6 is 11.6 Å². The Morgan fingerprint density at radius 1 is 0.825 bits per heavy atom. The molecule has 0 unspecified atom stereocenters. The fourth-order valence-corrected chi connectivity index (χ4v) is 6.45. The summed E-state index contributed by atoms with van der Waals surface area (Å²) in [7, 11) is -6.58. The van der Waals surface area contributed by atoms with Gasteiger partial charge in [0.25, 0.3) is 20.0 Å². The number of carbonyl (C=O) groups is 1. The molecule has 0 bridgehead atoms. The standard InChI is InChI=1S/C28H26ClN3O6S2/c1-20-8-13-25(14-9-20)40(36,37)32(23-12-17-27(38-2)26(29)18-23)19-28(33)30-21-10-15-24(16-11-21)39(34,35)31-22-6-4-3-5-7-22/h3-18,31H,19H2,1-2H3,(H,30,33). The molecule has 40 heavy (non-hydrogen) atoms. The van der Waals surface area contributed by atoms with Crippen molar-refractivity contribution in [1.29, 1.82) is 0 Å². The summed E-state index contributed by atoms with van der Waals surface area (Å²) in [4.78, 5) is 13.0. The lowest BCUT2D eigenvalue weighted by Gasteiger charge is -2.24. The first-order valence-corrected chi connectivity index (χ1v) is 15.2. The molecular formula is C28H26ClN3O6S2. The van der Waals surface area contributed by atoms with Crippen molar-refractivity contribution in [3.63, 3.8) is 0 Å². The van der Waals surface area contributed by atoms with Crippen molar-refractivity contribution < 1.29 is 26.4 Å². The Morgan fingerprint density at radius 3 is 2.05 bits per heavy atom. The molecule has 4 aromatic carbocycles. The molecule has 208 valence electrons. The maximum Gasteiger partial charge on any atom is 0.264 e. The molecule has 4 rings (SSSR count). The Hall–Kier alpha value is -4.06. The monoisotopic (exact) mass is 599 g/mol. The van der Waals surface area contributed by atoms with E-state index < -0.39 is 32.5 Å². The number of anilines is 3. The number of para-hydroxylation sites is 1. The van der Waals surface area contributed by atoms with Gasteiger partial charge >= 0.3 is 0 Å². The van der Waals surface area contributed by atoms with E-state index in [-0.39, 0.29) is 26.2 Å². The predicted molar refractivity (Wildman–Crippen MR) is 156 cm³/mol. The van der Waals surface area contributed by atoms with Gasteiger partial charge in [-0.05, 0) is 73.7 Å². The van der Waals surface area contributed by atoms with E-state index in [1.54, 1.807) is 42.5 Å². The van der Waals surface area contributed by atoms with Gasteiger partial charge in [0, 0.05) is 11.4 Å². The van der Waals surface area contributed by atoms with Crippen LogP contribution in [0.2, 0.25) is 5.02 Å². The van der Waals surface area contributed by atoms with Gasteiger partial charge in [-0.2, -0.15) is 0 Å². The minimum absolute atomic E-state index is 0.00156. The van der Waals surface area contributed by atoms with Crippen LogP contribution in [0.3, 0.4) is 0 Å². The number of nitrogens with one attached hydrogen (secondary N) is 2. The maximum atomic E-state index is 13.6. The highest BCUT2D eigenvalue weighted by Gasteiger charge is 2.28. The molecular weight excluding hydrogens is 574 g/mol. The zero-order valence-corrected chi connectivity index (χ0v) is 23.9. The van der Waals surface area contributed by atoms with Crippen molar-refractivity contribution in [3.8, 4) is 5.75 Å². The number of hydrogen-bond acceptors (Lipinski definition) is 6. The average molecular weight is 600 g/mol. The van der Waals surface area contributed by atoms with Crippen molar-refractivity contribution in [2.24, 2.45) is 0 Å². The first kappa shape index (κ1) is 28.9. The molecule has 0 radical (unpaired) electrons. The van der Waals surface area contributed by atoms with E-state index >= 15 is 0 Å². The molecule has 4 aromatic rings. The number of amides is 1. The van der Waals surface area contributed by atoms with E-state index in [1.165, 1.54) is 61.7 Å². The van der Waals surface area contributed by atoms with Crippen LogP contribution in [0, 0.1) is 6.92 Å². The Labute approximate surface area is 238 Å². The number of methoxy groups -OCH3 is 1. The topological polar surface area (TPSA) is 122 Å². The van der Waals surface area contributed by atoms with Gasteiger partial charge in [0.05, 0.1) is 27.6 Å². The zero-order valence-electron chi connectivity index (χ0n) is 21.5. The number of sulfonamides is 2. The van der Waals surface area contributed by atoms with Crippen molar-refractivity contribution in [1.82, 2.24) is 0 Å². The molecule has 0 aromatic heterocycles. The molecule has 0 fully saturated rings. The summed E-state index contributed by atoms with van der Waals surface area (Å²) in [6.45, 7) is 1.26. The summed E-state index contributed by atoms with van der Waals surface area (Å²) in [5, 5.41) is 2.79. The van der Waals surface area contributed by atoms with E-state index in [0.29, 0.717) is 11.4 Å². The number of hydrogen-bond donors (Lipinski definition) is 2. The summed E-state index contributed by atoms with van der Waals surface area (Å²) in [6, 6.07) is 24.6. The normalized spacial score (nSPS) is 11.5. The van der Waals surface area contributed by atoms with Crippen molar-refractivity contribution in [2.45, 2.75) is 16.7 Å². The molecule has 0 aliphatic rings. The fourth-order valence-electron chi connectivity index (χ4n) is 3.73. The predicted octanol–water partition coefficient (Wildman–Crippen LogP) is 5.29. The molecule has 9 nitrogen and oxygen atoms in total. The largest absolute Gasteiger partial charge is 0.495 e. The third-order valence-electron chi connectivity index (χ3n) is 5.79. The lowest BCUT2D eigenvalue weighted by atomic mass is 10.2. The SMILES string of the molecule is COc1ccc(N(CC(=O)Nc2ccc(S(=O)(=O)Nc3ccccc3)cc2)S(=O)(=O)c2ccc(C)cc2)cc1Cl. The molecule has 1 amide bonds. The van der Waals surface area contributed by atoms with Gasteiger partial charge in [-0.15, -0.1) is 0 Å². The lowest BCUT2D eigenvalue weighted by molar-refractivity contribution is -0.114. The molecule has 0 aliphatic carbocycles. The van der Waals surface area contributed by atoms with Crippen LogP contribution < -0.4 is 19.1 Å². The number of ether oxygens (including phenoxy) is 1. The van der Waals surface area contributed by atoms with Crippen molar-refractivity contribution >= 4 is 54.6 Å². The highest BCUT2D eigenvalue weighted by molar-refractivity contribution is 7.93. The van der Waals surface area contributed by atoms with Crippen LogP contribution in [-0.2, 0) is 24.8 Å². The molecule has 2 N–H and O–H groups in total. The van der Waals surface area contributed by atoms with E-state index in [4.69, 9.17) is 16.3 Å². The Morgan fingerprint density at radius 2 is 1.45 bits per heavy atom. The molecule has 0 saturated carbocycles. The minimum Gasteiger partial charge on any atom is -0.495 e. The second kappa shape index (κ2) is 12.0. The number of aryl methyl sites for hydroxylation is 1. The van der Waals surface area contributed by atoms with E-state index in [0.717, 1.165) is 9.87 Å². The van der Waals surface area contributed by atoms with Gasteiger partial charge in [0.1, 0.15) is 12.3 Å². The highest BCUT2D eigenvalue weighted by atomic mass is 35.5. The number of carbonyl (C=O) groups excluding carboxylic acids is 1. The maximum absolute atomic E-state index is 13.6. The summed E-state index contributed by atoms with van der Waals surface area (Å²) in [6.07, 6.45) is 0. The van der Waals surface area contributed by atoms with Gasteiger partial charge in [-0.25, -0.2) is 16.8 Å². The van der Waals surface area contributed by atoms with Crippen LogP contribution in [0.4, 0.5) is 17.1 Å². The molecule has 0 spiro atoms. The van der Waals surface area contributed by atoms with Crippen LogP contribution in [-0.4, -0.2) is 36.4 Å². The smallest absolute Gasteiger partial charge is 0.264 e. The third-order valence-corrected chi connectivity index (χ3v) is 9.27. The average Bonchev–Trinajstić information content (AvgIpc) is 2.92. The molecule has 0 aliphatic heterocycles. The molecule has 0 saturated heterocycles. The Bertz CT molecular complexity index is 1710. The highest BCUT2D eigenvalue weighted by Crippen LogP contribution is 2.32. The number of rotatable bonds is 10. The van der Waals surface area contributed by atoms with Gasteiger partial charge < -0.3 is 10.1 Å². The van der Waals surface area contributed by atoms with E-state index in [2.05, 4.69) is 10.0 Å². The second-order valence-corrected chi connectivity index (χ2v) is 12.6. The van der Waals surface area contributed by atoms with Crippen molar-refractivity contribution in [3.05, 3.63) is 108 Å². The van der Waals surface area contributed by atoms with E-state index in [9.17, 15) is 21.6 Å². The minimum atomic E-state index is -4.16. The van der Waals surface area contributed by atoms with Crippen LogP contribution in [0.25, 0.3) is 0 Å². The van der Waals surface area contributed by atoms with Crippen molar-refractivity contribution in [2.75, 3.05) is 28.0 Å². The molecule has 0 atom stereocenters. The summed E-state index contributed by atoms with van der Waals surface area (Å²) in [5.74, 6) is -0.306. The van der Waals surface area contributed by atoms with Gasteiger partial charge in [-0.3, -0.25) is 13.8 Å².